The van der Waals surface area contributed by atoms with Gasteiger partial charge in [0.15, 0.2) is 21.2 Å². The lowest BCUT2D eigenvalue weighted by molar-refractivity contribution is -0.120. The number of sulfone groups is 1. The van der Waals surface area contributed by atoms with Crippen molar-refractivity contribution >= 4 is 26.7 Å². The van der Waals surface area contributed by atoms with E-state index in [1.54, 1.807) is 19.1 Å². The Labute approximate surface area is 155 Å². The first kappa shape index (κ1) is 19.0. The molecule has 1 amide bonds. The second kappa shape index (κ2) is 7.07. The van der Waals surface area contributed by atoms with E-state index in [-0.39, 0.29) is 23.3 Å². The predicted octanol–water partition coefficient (Wildman–Crippen LogP) is 1.09. The van der Waals surface area contributed by atoms with E-state index in [4.69, 9.17) is 13.9 Å². The van der Waals surface area contributed by atoms with Gasteiger partial charge in [-0.2, -0.15) is 0 Å². The molecule has 0 saturated carbocycles. The smallest absolute Gasteiger partial charge is 0.340 e. The molecule has 1 aromatic carbocycles. The van der Waals surface area contributed by atoms with Crippen LogP contribution in [-0.4, -0.2) is 40.3 Å². The number of carbonyl (C=O) groups excluding carboxylic acids is 1. The highest BCUT2D eigenvalue weighted by Gasteiger charge is 2.24. The van der Waals surface area contributed by atoms with Crippen LogP contribution in [0, 0.1) is 6.92 Å². The Morgan fingerprint density at radius 1 is 1.30 bits per heavy atom. The van der Waals surface area contributed by atoms with Gasteiger partial charge in [-0.3, -0.25) is 4.79 Å². The molecular weight excluding hydrogens is 374 g/mol. The van der Waals surface area contributed by atoms with Crippen molar-refractivity contribution in [1.82, 2.24) is 5.32 Å². The molecule has 3 rings (SSSR count). The average molecular weight is 393 g/mol. The van der Waals surface area contributed by atoms with Crippen molar-refractivity contribution in [2.45, 2.75) is 19.4 Å². The summed E-state index contributed by atoms with van der Waals surface area (Å²) in [6, 6.07) is 2.81. The van der Waals surface area contributed by atoms with Crippen molar-refractivity contribution < 1.29 is 27.1 Å². The third-order valence-corrected chi connectivity index (χ3v) is 5.81. The summed E-state index contributed by atoms with van der Waals surface area (Å²) in [5.41, 5.74) is 0.383. The normalized spacial score (nSPS) is 17.8. The number of nitrogens with one attached hydrogen (secondary N) is 1. The van der Waals surface area contributed by atoms with Crippen LogP contribution >= 0.6 is 0 Å². The molecule has 27 heavy (non-hydrogen) atoms. The number of benzene rings is 1. The maximum atomic E-state index is 12.4. The first-order chi connectivity index (χ1) is 12.8. The maximum absolute atomic E-state index is 12.4. The van der Waals surface area contributed by atoms with Gasteiger partial charge in [0.2, 0.25) is 11.7 Å². The molecule has 0 aliphatic carbocycles. The highest BCUT2D eigenvalue weighted by Crippen LogP contribution is 2.36. The van der Waals surface area contributed by atoms with Gasteiger partial charge in [-0.25, -0.2) is 13.2 Å². The second-order valence-electron chi connectivity index (χ2n) is 6.18. The van der Waals surface area contributed by atoms with Crippen LogP contribution in [0.2, 0.25) is 0 Å². The highest BCUT2D eigenvalue weighted by molar-refractivity contribution is 7.94. The zero-order valence-electron chi connectivity index (χ0n) is 15.1. The number of methoxy groups -OCH3 is 2. The van der Waals surface area contributed by atoms with Gasteiger partial charge < -0.3 is 19.2 Å². The summed E-state index contributed by atoms with van der Waals surface area (Å²) >= 11 is 0. The van der Waals surface area contributed by atoms with Crippen LogP contribution in [0.25, 0.3) is 11.0 Å². The number of aryl methyl sites for hydroxylation is 1. The largest absolute Gasteiger partial charge is 0.493 e. The van der Waals surface area contributed by atoms with E-state index in [9.17, 15) is 18.0 Å². The van der Waals surface area contributed by atoms with Gasteiger partial charge in [-0.05, 0) is 30.7 Å². The molecule has 2 heterocycles. The summed E-state index contributed by atoms with van der Waals surface area (Å²) in [5.74, 6) is 0.0814. The minimum Gasteiger partial charge on any atom is -0.493 e. The standard InChI is InChI=1S/C18H19NO7S/c1-10-12-4-5-14(24-2)17(25-3)16(12)26-18(21)13(10)8-15(20)19-11-6-7-27(22,23)9-11/h4-7,11H,8-9H2,1-3H3,(H,19,20)/t11-/m0/s1. The van der Waals surface area contributed by atoms with Gasteiger partial charge in [-0.1, -0.05) is 0 Å². The number of carbonyl (C=O) groups is 1. The number of rotatable bonds is 5. The molecule has 9 heteroatoms. The fourth-order valence-corrected chi connectivity index (χ4v) is 4.29. The molecule has 0 fully saturated rings. The van der Waals surface area contributed by atoms with Crippen molar-refractivity contribution in [2.24, 2.45) is 0 Å². The molecule has 0 saturated heterocycles. The Morgan fingerprint density at radius 3 is 2.63 bits per heavy atom. The molecule has 0 bridgehead atoms. The van der Waals surface area contributed by atoms with E-state index in [1.165, 1.54) is 20.3 Å². The number of hydrogen-bond acceptors (Lipinski definition) is 7. The fourth-order valence-electron chi connectivity index (χ4n) is 3.05. The van der Waals surface area contributed by atoms with Gasteiger partial charge in [0, 0.05) is 10.8 Å². The number of fused-ring (bicyclic) bond motifs is 1. The van der Waals surface area contributed by atoms with E-state index in [2.05, 4.69) is 5.32 Å². The van der Waals surface area contributed by atoms with Crippen LogP contribution in [-0.2, 0) is 21.1 Å². The topological polar surface area (TPSA) is 112 Å². The summed E-state index contributed by atoms with van der Waals surface area (Å²) in [4.78, 5) is 24.7. The number of amides is 1. The zero-order chi connectivity index (χ0) is 19.8. The van der Waals surface area contributed by atoms with Crippen molar-refractivity contribution in [2.75, 3.05) is 20.0 Å². The lowest BCUT2D eigenvalue weighted by atomic mass is 10.0. The summed E-state index contributed by atoms with van der Waals surface area (Å²) in [7, 11) is -0.356. The number of hydrogen-bond donors (Lipinski definition) is 1. The minimum absolute atomic E-state index is 0.180. The summed E-state index contributed by atoms with van der Waals surface area (Å²) < 4.78 is 38.7. The van der Waals surface area contributed by atoms with E-state index in [0.717, 1.165) is 5.41 Å². The van der Waals surface area contributed by atoms with Crippen molar-refractivity contribution in [3.63, 3.8) is 0 Å². The monoisotopic (exact) mass is 393 g/mol. The Hall–Kier alpha value is -2.81. The Morgan fingerprint density at radius 2 is 2.04 bits per heavy atom. The first-order valence-electron chi connectivity index (χ1n) is 8.13. The molecule has 1 aliphatic rings. The van der Waals surface area contributed by atoms with E-state index >= 15 is 0 Å². The zero-order valence-corrected chi connectivity index (χ0v) is 15.9. The SMILES string of the molecule is COc1ccc2c(C)c(CC(=O)N[C@H]3C=CS(=O)(=O)C3)c(=O)oc2c1OC. The highest BCUT2D eigenvalue weighted by atomic mass is 32.2. The molecule has 0 unspecified atom stereocenters. The van der Waals surface area contributed by atoms with Crippen molar-refractivity contribution in [1.29, 1.82) is 0 Å². The third-order valence-electron chi connectivity index (χ3n) is 4.41. The second-order valence-corrected chi connectivity index (χ2v) is 8.11. The van der Waals surface area contributed by atoms with Crippen LogP contribution < -0.4 is 20.4 Å². The van der Waals surface area contributed by atoms with Gasteiger partial charge in [0.05, 0.1) is 38.0 Å². The fraction of sp³-hybridized carbons (Fsp3) is 0.333. The quantitative estimate of drug-likeness (QED) is 0.757. The Kier molecular flexibility index (Phi) is 4.97. The van der Waals surface area contributed by atoms with E-state index in [0.29, 0.717) is 22.4 Å². The lowest BCUT2D eigenvalue weighted by Gasteiger charge is -2.13. The summed E-state index contributed by atoms with van der Waals surface area (Å²) in [6.45, 7) is 1.72. The number of ether oxygens (including phenoxy) is 2. The molecule has 2 aromatic rings. The van der Waals surface area contributed by atoms with Gasteiger partial charge in [0.1, 0.15) is 0 Å². The molecule has 8 nitrogen and oxygen atoms in total. The van der Waals surface area contributed by atoms with Crippen molar-refractivity contribution in [3.05, 3.63) is 45.2 Å². The molecule has 1 aliphatic heterocycles. The molecule has 0 radical (unpaired) electrons. The van der Waals surface area contributed by atoms with Crippen LogP contribution in [0.5, 0.6) is 11.5 Å². The Balaban J connectivity index is 1.92. The minimum atomic E-state index is -3.27. The van der Waals surface area contributed by atoms with Gasteiger partial charge >= 0.3 is 5.63 Å². The molecule has 1 atom stereocenters. The van der Waals surface area contributed by atoms with E-state index in [1.807, 2.05) is 0 Å². The Bertz CT molecular complexity index is 1100. The summed E-state index contributed by atoms with van der Waals surface area (Å²) in [5, 5.41) is 4.30. The molecular formula is C18H19NO7S. The van der Waals surface area contributed by atoms with E-state index < -0.39 is 27.4 Å². The third kappa shape index (κ3) is 3.68. The molecule has 1 N–H and O–H groups in total. The molecule has 0 spiro atoms. The lowest BCUT2D eigenvalue weighted by Crippen LogP contribution is -2.37. The van der Waals surface area contributed by atoms with Crippen LogP contribution in [0.15, 0.2) is 32.8 Å². The maximum Gasteiger partial charge on any atom is 0.340 e. The first-order valence-corrected chi connectivity index (χ1v) is 9.85. The van der Waals surface area contributed by atoms with Crippen molar-refractivity contribution in [3.8, 4) is 11.5 Å². The molecule has 144 valence electrons. The average Bonchev–Trinajstić information content (AvgIpc) is 2.95. The van der Waals surface area contributed by atoms with Gasteiger partial charge in [0.25, 0.3) is 0 Å². The predicted molar refractivity (Wildman–Crippen MR) is 98.9 cm³/mol. The summed E-state index contributed by atoms with van der Waals surface area (Å²) in [6.07, 6.45) is 1.20. The van der Waals surface area contributed by atoms with Crippen LogP contribution in [0.4, 0.5) is 0 Å². The van der Waals surface area contributed by atoms with Crippen LogP contribution in [0.3, 0.4) is 0 Å². The van der Waals surface area contributed by atoms with Gasteiger partial charge in [-0.15, -0.1) is 0 Å². The molecule has 1 aromatic heterocycles. The van der Waals surface area contributed by atoms with Crippen LogP contribution in [0.1, 0.15) is 11.1 Å².